The quantitative estimate of drug-likeness (QED) is 0.537. The van der Waals surface area contributed by atoms with E-state index in [1.165, 1.54) is 12.0 Å². The largest absolute Gasteiger partial charge is 0.491 e. The number of ether oxygens (including phenoxy) is 1. The van der Waals surface area contributed by atoms with Crippen LogP contribution in [0.1, 0.15) is 41.0 Å². The standard InChI is InChI=1S/C22H23NO5S/c1-22(2)17-8-13(28-11-12(25)10-24)4-6-15(17)20(26)19-16-7-5-14(29-27-3)9-18(16)23-21(19)22/h4-9,12,23-25H,10-11H2,1-3H3/t12-/m1/s1. The number of aromatic amines is 1. The smallest absolute Gasteiger partial charge is 0.195 e. The van der Waals surface area contributed by atoms with Crippen molar-refractivity contribution in [1.82, 2.24) is 4.98 Å². The van der Waals surface area contributed by atoms with Gasteiger partial charge in [-0.3, -0.25) is 4.79 Å². The number of hydrogen-bond donors (Lipinski definition) is 3. The maximum absolute atomic E-state index is 13.3. The number of H-pyrrole nitrogens is 1. The van der Waals surface area contributed by atoms with Crippen molar-refractivity contribution in [2.24, 2.45) is 0 Å². The Kier molecular flexibility index (Phi) is 5.16. The van der Waals surface area contributed by atoms with E-state index in [2.05, 4.69) is 18.8 Å². The number of carbonyl (C=O) groups is 1. The molecule has 0 radical (unpaired) electrons. The summed E-state index contributed by atoms with van der Waals surface area (Å²) in [5.41, 5.74) is 3.54. The number of benzene rings is 2. The number of hydrogen-bond acceptors (Lipinski definition) is 6. The lowest BCUT2D eigenvalue weighted by atomic mass is 9.71. The highest BCUT2D eigenvalue weighted by atomic mass is 32.2. The SMILES string of the molecule is COSc1ccc2c3c([nH]c2c1)C(C)(C)c1cc(OC[C@H](O)CO)ccc1C3=O. The van der Waals surface area contributed by atoms with Crippen molar-refractivity contribution in [1.29, 1.82) is 0 Å². The molecule has 0 bridgehead atoms. The van der Waals surface area contributed by atoms with Gasteiger partial charge in [0.1, 0.15) is 18.5 Å². The molecule has 1 aliphatic carbocycles. The fraction of sp³-hybridized carbons (Fsp3) is 0.318. The summed E-state index contributed by atoms with van der Waals surface area (Å²) in [6.07, 6.45) is -0.944. The first-order valence-corrected chi connectivity index (χ1v) is 10.1. The average molecular weight is 413 g/mol. The van der Waals surface area contributed by atoms with Gasteiger partial charge in [0.2, 0.25) is 0 Å². The average Bonchev–Trinajstić information content (AvgIpc) is 3.10. The molecule has 1 aliphatic rings. The van der Waals surface area contributed by atoms with Gasteiger partial charge in [-0.25, -0.2) is 0 Å². The molecule has 1 heterocycles. The Bertz CT molecular complexity index is 1090. The van der Waals surface area contributed by atoms with Crippen LogP contribution in [0.5, 0.6) is 5.75 Å². The van der Waals surface area contributed by atoms with Crippen molar-refractivity contribution in [2.45, 2.75) is 30.3 Å². The molecule has 3 aromatic rings. The third kappa shape index (κ3) is 3.34. The molecule has 0 saturated heterocycles. The number of nitrogens with one attached hydrogen (secondary N) is 1. The van der Waals surface area contributed by atoms with Crippen molar-refractivity contribution in [3.8, 4) is 5.75 Å². The predicted octanol–water partition coefficient (Wildman–Crippen LogP) is 3.42. The second kappa shape index (κ2) is 7.50. The summed E-state index contributed by atoms with van der Waals surface area (Å²) in [4.78, 5) is 17.8. The van der Waals surface area contributed by atoms with Crippen LogP contribution in [0.25, 0.3) is 10.9 Å². The van der Waals surface area contributed by atoms with Crippen LogP contribution in [0.2, 0.25) is 0 Å². The van der Waals surface area contributed by atoms with Crippen LogP contribution in [0.4, 0.5) is 0 Å². The van der Waals surface area contributed by atoms with Crippen LogP contribution in [0.3, 0.4) is 0 Å². The fourth-order valence-corrected chi connectivity index (χ4v) is 4.35. The Hall–Kier alpha value is -2.32. The van der Waals surface area contributed by atoms with E-state index < -0.39 is 11.5 Å². The van der Waals surface area contributed by atoms with Crippen LogP contribution in [-0.4, -0.2) is 47.4 Å². The van der Waals surface area contributed by atoms with Gasteiger partial charge in [0.05, 0.1) is 19.3 Å². The first-order valence-electron chi connectivity index (χ1n) is 9.34. The van der Waals surface area contributed by atoms with E-state index in [0.717, 1.165) is 27.1 Å². The predicted molar refractivity (Wildman–Crippen MR) is 112 cm³/mol. The van der Waals surface area contributed by atoms with E-state index in [1.807, 2.05) is 24.3 Å². The van der Waals surface area contributed by atoms with Crippen LogP contribution in [0.15, 0.2) is 41.3 Å². The van der Waals surface area contributed by atoms with E-state index in [0.29, 0.717) is 16.9 Å². The summed E-state index contributed by atoms with van der Waals surface area (Å²) >= 11 is 1.28. The lowest BCUT2D eigenvalue weighted by molar-refractivity contribution is 0.0535. The summed E-state index contributed by atoms with van der Waals surface area (Å²) in [7, 11) is 1.62. The third-order valence-electron chi connectivity index (χ3n) is 5.36. The highest BCUT2D eigenvalue weighted by Crippen LogP contribution is 2.45. The van der Waals surface area contributed by atoms with Crippen molar-refractivity contribution >= 4 is 28.7 Å². The molecule has 29 heavy (non-hydrogen) atoms. The summed E-state index contributed by atoms with van der Waals surface area (Å²) in [5.74, 6) is 0.533. The van der Waals surface area contributed by atoms with Gasteiger partial charge in [-0.05, 0) is 35.9 Å². The molecule has 1 aromatic heterocycles. The number of fused-ring (bicyclic) bond motifs is 4. The summed E-state index contributed by atoms with van der Waals surface area (Å²) in [6.45, 7) is 3.77. The van der Waals surface area contributed by atoms with Crippen LogP contribution in [0, 0.1) is 0 Å². The van der Waals surface area contributed by atoms with Gasteiger partial charge < -0.3 is 24.1 Å². The molecule has 3 N–H and O–H groups in total. The van der Waals surface area contributed by atoms with Crippen molar-refractivity contribution in [3.63, 3.8) is 0 Å². The highest BCUT2D eigenvalue weighted by Gasteiger charge is 2.39. The minimum atomic E-state index is -0.944. The zero-order chi connectivity index (χ0) is 20.8. The highest BCUT2D eigenvalue weighted by molar-refractivity contribution is 7.94. The molecule has 0 fully saturated rings. The molecule has 6 nitrogen and oxygen atoms in total. The van der Waals surface area contributed by atoms with Crippen LogP contribution >= 0.6 is 12.0 Å². The van der Waals surface area contributed by atoms with Crippen molar-refractivity contribution in [2.75, 3.05) is 20.3 Å². The molecule has 0 spiro atoms. The second-order valence-corrected chi connectivity index (χ2v) is 8.61. The number of carbonyl (C=O) groups excluding carboxylic acids is 1. The Balaban J connectivity index is 1.79. The molecule has 0 unspecified atom stereocenters. The van der Waals surface area contributed by atoms with Gasteiger partial charge in [-0.2, -0.15) is 0 Å². The number of aliphatic hydroxyl groups excluding tert-OH is 2. The molecule has 0 amide bonds. The van der Waals surface area contributed by atoms with Gasteiger partial charge >= 0.3 is 0 Å². The summed E-state index contributed by atoms with van der Waals surface area (Å²) < 4.78 is 10.7. The number of ketones is 1. The van der Waals surface area contributed by atoms with E-state index >= 15 is 0 Å². The fourth-order valence-electron chi connectivity index (χ4n) is 3.87. The molecule has 152 valence electrons. The van der Waals surface area contributed by atoms with E-state index in [-0.39, 0.29) is 19.0 Å². The first-order chi connectivity index (χ1) is 13.9. The van der Waals surface area contributed by atoms with E-state index in [4.69, 9.17) is 14.0 Å². The van der Waals surface area contributed by atoms with Crippen molar-refractivity contribution < 1.29 is 23.9 Å². The van der Waals surface area contributed by atoms with Gasteiger partial charge in [0.15, 0.2) is 5.78 Å². The van der Waals surface area contributed by atoms with Gasteiger partial charge in [-0.15, -0.1) is 0 Å². The second-order valence-electron chi connectivity index (χ2n) is 7.64. The molecule has 4 rings (SSSR count). The number of rotatable bonds is 6. The van der Waals surface area contributed by atoms with E-state index in [9.17, 15) is 9.90 Å². The van der Waals surface area contributed by atoms with E-state index in [1.54, 1.807) is 19.2 Å². The molecular weight excluding hydrogens is 390 g/mol. The Morgan fingerprint density at radius 2 is 2.00 bits per heavy atom. The summed E-state index contributed by atoms with van der Waals surface area (Å²) in [6, 6.07) is 11.2. The Morgan fingerprint density at radius 1 is 1.21 bits per heavy atom. The minimum Gasteiger partial charge on any atom is -0.491 e. The lowest BCUT2D eigenvalue weighted by Crippen LogP contribution is -2.30. The van der Waals surface area contributed by atoms with Gasteiger partial charge in [0.25, 0.3) is 0 Å². The summed E-state index contributed by atoms with van der Waals surface area (Å²) in [5, 5.41) is 19.4. The van der Waals surface area contributed by atoms with Gasteiger partial charge in [-0.1, -0.05) is 19.9 Å². The monoisotopic (exact) mass is 413 g/mol. The lowest BCUT2D eigenvalue weighted by Gasteiger charge is -2.32. The van der Waals surface area contributed by atoms with Gasteiger partial charge in [0, 0.05) is 44.5 Å². The van der Waals surface area contributed by atoms with Crippen LogP contribution in [-0.2, 0) is 9.60 Å². The molecule has 1 atom stereocenters. The minimum absolute atomic E-state index is 0.0127. The first kappa shape index (κ1) is 20.0. The maximum Gasteiger partial charge on any atom is 0.195 e. The molecule has 0 saturated carbocycles. The Labute approximate surface area is 173 Å². The molecule has 0 aliphatic heterocycles. The maximum atomic E-state index is 13.3. The normalized spacial score (nSPS) is 15.8. The Morgan fingerprint density at radius 3 is 2.72 bits per heavy atom. The number of aromatic nitrogens is 1. The molecule has 7 heteroatoms. The van der Waals surface area contributed by atoms with Crippen molar-refractivity contribution in [3.05, 3.63) is 58.8 Å². The molecular formula is C22H23NO5S. The van der Waals surface area contributed by atoms with Crippen LogP contribution < -0.4 is 4.74 Å². The third-order valence-corrected chi connectivity index (χ3v) is 5.98. The molecule has 2 aromatic carbocycles. The topological polar surface area (TPSA) is 91.8 Å². The number of aliphatic hydroxyl groups is 2. The zero-order valence-electron chi connectivity index (χ0n) is 16.5. The zero-order valence-corrected chi connectivity index (χ0v) is 17.3.